The molecule has 1 atom stereocenters. The average molecular weight is 339 g/mol. The predicted octanol–water partition coefficient (Wildman–Crippen LogP) is 3.83. The normalized spacial score (nSPS) is 12.6. The van der Waals surface area contributed by atoms with Crippen LogP contribution in [0, 0.1) is 6.92 Å². The topological polar surface area (TPSA) is 38.0 Å². The Morgan fingerprint density at radius 1 is 1.32 bits per heavy atom. The van der Waals surface area contributed by atoms with E-state index < -0.39 is 0 Å². The summed E-state index contributed by atoms with van der Waals surface area (Å²) < 4.78 is 1.18. The van der Waals surface area contributed by atoms with Gasteiger partial charge in [-0.2, -0.15) is 0 Å². The van der Waals surface area contributed by atoms with E-state index in [1.54, 1.807) is 11.3 Å². The van der Waals surface area contributed by atoms with Gasteiger partial charge in [-0.15, -0.1) is 11.3 Å². The lowest BCUT2D eigenvalue weighted by Gasteiger charge is -2.15. The Bertz CT molecular complexity index is 524. The Kier molecular flexibility index (Phi) is 5.58. The van der Waals surface area contributed by atoms with Gasteiger partial charge < -0.3 is 0 Å². The molecule has 0 amide bonds. The van der Waals surface area contributed by atoms with E-state index in [0.717, 1.165) is 19.3 Å². The van der Waals surface area contributed by atoms with E-state index in [9.17, 15) is 0 Å². The molecule has 0 radical (unpaired) electrons. The summed E-state index contributed by atoms with van der Waals surface area (Å²) in [6.45, 7) is 2.13. The fourth-order valence-corrected chi connectivity index (χ4v) is 3.72. The Morgan fingerprint density at radius 3 is 2.79 bits per heavy atom. The largest absolute Gasteiger partial charge is 0.271 e. The second kappa shape index (κ2) is 7.20. The SMILES string of the molecule is Cc1cccc(CCC(Cc2ccc(Br)s2)NN)c1. The van der Waals surface area contributed by atoms with Crippen LogP contribution in [0.3, 0.4) is 0 Å². The maximum atomic E-state index is 5.66. The van der Waals surface area contributed by atoms with Crippen LogP contribution in [-0.4, -0.2) is 6.04 Å². The molecule has 1 heterocycles. The van der Waals surface area contributed by atoms with E-state index >= 15 is 0 Å². The van der Waals surface area contributed by atoms with Crippen LogP contribution in [0.4, 0.5) is 0 Å². The number of halogens is 1. The van der Waals surface area contributed by atoms with Gasteiger partial charge in [0.05, 0.1) is 3.79 Å². The third-order valence-corrected chi connectivity index (χ3v) is 4.82. The van der Waals surface area contributed by atoms with Crippen molar-refractivity contribution in [1.29, 1.82) is 0 Å². The van der Waals surface area contributed by atoms with Crippen molar-refractivity contribution in [2.24, 2.45) is 5.84 Å². The smallest absolute Gasteiger partial charge is 0.0701 e. The molecular weight excluding hydrogens is 320 g/mol. The second-order valence-corrected chi connectivity index (χ2v) is 7.35. The highest BCUT2D eigenvalue weighted by atomic mass is 79.9. The number of hydrogen-bond donors (Lipinski definition) is 2. The van der Waals surface area contributed by atoms with Crippen LogP contribution in [0.1, 0.15) is 22.4 Å². The van der Waals surface area contributed by atoms with Crippen LogP contribution in [0.5, 0.6) is 0 Å². The van der Waals surface area contributed by atoms with Crippen molar-refractivity contribution in [3.8, 4) is 0 Å². The quantitative estimate of drug-likeness (QED) is 0.620. The number of hydrogen-bond acceptors (Lipinski definition) is 3. The monoisotopic (exact) mass is 338 g/mol. The van der Waals surface area contributed by atoms with Crippen LogP contribution in [-0.2, 0) is 12.8 Å². The molecule has 0 aliphatic carbocycles. The number of nitrogens with one attached hydrogen (secondary N) is 1. The van der Waals surface area contributed by atoms with Crippen molar-refractivity contribution in [1.82, 2.24) is 5.43 Å². The van der Waals surface area contributed by atoms with Crippen molar-refractivity contribution in [2.45, 2.75) is 32.2 Å². The van der Waals surface area contributed by atoms with Crippen LogP contribution in [0.25, 0.3) is 0 Å². The molecule has 0 bridgehead atoms. The lowest BCUT2D eigenvalue weighted by molar-refractivity contribution is 0.494. The van der Waals surface area contributed by atoms with Crippen LogP contribution < -0.4 is 11.3 Å². The number of benzene rings is 1. The Morgan fingerprint density at radius 2 is 2.16 bits per heavy atom. The molecule has 0 saturated heterocycles. The fraction of sp³-hybridized carbons (Fsp3) is 0.333. The van der Waals surface area contributed by atoms with E-state index in [1.807, 2.05) is 0 Å². The Labute approximate surface area is 127 Å². The highest BCUT2D eigenvalue weighted by Crippen LogP contribution is 2.23. The zero-order valence-electron chi connectivity index (χ0n) is 11.0. The molecule has 102 valence electrons. The maximum Gasteiger partial charge on any atom is 0.0701 e. The summed E-state index contributed by atoms with van der Waals surface area (Å²) in [6.07, 6.45) is 3.09. The minimum Gasteiger partial charge on any atom is -0.271 e. The number of thiophene rings is 1. The van der Waals surface area contributed by atoms with Crippen molar-refractivity contribution < 1.29 is 0 Å². The Hall–Kier alpha value is -0.680. The zero-order valence-corrected chi connectivity index (χ0v) is 13.4. The van der Waals surface area contributed by atoms with Crippen LogP contribution in [0.2, 0.25) is 0 Å². The van der Waals surface area contributed by atoms with Crippen molar-refractivity contribution >= 4 is 27.3 Å². The molecule has 0 aliphatic heterocycles. The summed E-state index contributed by atoms with van der Waals surface area (Å²) in [6, 6.07) is 13.3. The molecule has 4 heteroatoms. The van der Waals surface area contributed by atoms with E-state index in [4.69, 9.17) is 5.84 Å². The zero-order chi connectivity index (χ0) is 13.7. The summed E-state index contributed by atoms with van der Waals surface area (Å²) in [4.78, 5) is 1.36. The van der Waals surface area contributed by atoms with Gasteiger partial charge in [0.25, 0.3) is 0 Å². The van der Waals surface area contributed by atoms with E-state index in [-0.39, 0.29) is 0 Å². The van der Waals surface area contributed by atoms with Gasteiger partial charge in [0.1, 0.15) is 0 Å². The third-order valence-electron chi connectivity index (χ3n) is 3.18. The second-order valence-electron chi connectivity index (χ2n) is 4.80. The van der Waals surface area contributed by atoms with Gasteiger partial charge in [-0.3, -0.25) is 11.3 Å². The molecule has 2 rings (SSSR count). The third kappa shape index (κ3) is 4.73. The first kappa shape index (κ1) is 14.7. The van der Waals surface area contributed by atoms with Gasteiger partial charge in [0.2, 0.25) is 0 Å². The molecule has 1 unspecified atom stereocenters. The average Bonchev–Trinajstić information content (AvgIpc) is 2.80. The lowest BCUT2D eigenvalue weighted by Crippen LogP contribution is -2.36. The van der Waals surface area contributed by atoms with Gasteiger partial charge in [-0.25, -0.2) is 0 Å². The van der Waals surface area contributed by atoms with E-state index in [0.29, 0.717) is 6.04 Å². The van der Waals surface area contributed by atoms with E-state index in [2.05, 4.69) is 64.7 Å². The van der Waals surface area contributed by atoms with Crippen LogP contribution >= 0.6 is 27.3 Å². The first-order valence-corrected chi connectivity index (χ1v) is 8.04. The highest BCUT2D eigenvalue weighted by molar-refractivity contribution is 9.11. The molecule has 3 N–H and O–H groups in total. The summed E-state index contributed by atoms with van der Waals surface area (Å²) in [5, 5.41) is 0. The molecule has 0 spiro atoms. The summed E-state index contributed by atoms with van der Waals surface area (Å²) >= 11 is 5.27. The molecule has 0 saturated carbocycles. The first-order valence-electron chi connectivity index (χ1n) is 6.43. The standard InChI is InChI=1S/C15H19BrN2S/c1-11-3-2-4-12(9-11)5-6-13(18-17)10-14-7-8-15(16)19-14/h2-4,7-9,13,18H,5-6,10,17H2,1H3. The van der Waals surface area contributed by atoms with Crippen molar-refractivity contribution in [2.75, 3.05) is 0 Å². The molecule has 2 nitrogen and oxygen atoms in total. The number of hydrazine groups is 1. The fourth-order valence-electron chi connectivity index (χ4n) is 2.16. The summed E-state index contributed by atoms with van der Waals surface area (Å²) in [5.74, 6) is 5.66. The number of aryl methyl sites for hydroxylation is 2. The molecule has 2 aromatic rings. The Balaban J connectivity index is 1.89. The lowest BCUT2D eigenvalue weighted by atomic mass is 10.0. The van der Waals surface area contributed by atoms with Crippen molar-refractivity contribution in [3.05, 3.63) is 56.2 Å². The summed E-state index contributed by atoms with van der Waals surface area (Å²) in [7, 11) is 0. The summed E-state index contributed by atoms with van der Waals surface area (Å²) in [5.41, 5.74) is 5.63. The highest BCUT2D eigenvalue weighted by Gasteiger charge is 2.09. The molecular formula is C15H19BrN2S. The molecule has 0 fully saturated rings. The molecule has 19 heavy (non-hydrogen) atoms. The number of nitrogens with two attached hydrogens (primary N) is 1. The van der Waals surface area contributed by atoms with Gasteiger partial charge in [0.15, 0.2) is 0 Å². The van der Waals surface area contributed by atoms with E-state index in [1.165, 1.54) is 19.8 Å². The maximum absolute atomic E-state index is 5.66. The van der Waals surface area contributed by atoms with Gasteiger partial charge in [0, 0.05) is 10.9 Å². The molecule has 1 aromatic carbocycles. The predicted molar refractivity (Wildman–Crippen MR) is 86.3 cm³/mol. The van der Waals surface area contributed by atoms with Gasteiger partial charge in [-0.1, -0.05) is 29.8 Å². The van der Waals surface area contributed by atoms with Gasteiger partial charge in [-0.05, 0) is 59.8 Å². The van der Waals surface area contributed by atoms with Crippen LogP contribution in [0.15, 0.2) is 40.2 Å². The molecule has 1 aromatic heterocycles. The minimum absolute atomic E-state index is 0.325. The van der Waals surface area contributed by atoms with Crippen molar-refractivity contribution in [3.63, 3.8) is 0 Å². The minimum atomic E-state index is 0.325. The molecule has 0 aliphatic rings. The first-order chi connectivity index (χ1) is 9.17. The van der Waals surface area contributed by atoms with Gasteiger partial charge >= 0.3 is 0 Å². The number of rotatable bonds is 6.